The van der Waals surface area contributed by atoms with Crippen LogP contribution in [0, 0.1) is 11.3 Å². The number of piperidine rings is 1. The van der Waals surface area contributed by atoms with Gasteiger partial charge in [-0.1, -0.05) is 0 Å². The Bertz CT molecular complexity index is 261. The SMILES string of the molecule is CC(C)(C)C(=O)OCC1CNCC(F)(F)C1. The van der Waals surface area contributed by atoms with E-state index in [1.165, 1.54) is 0 Å². The van der Waals surface area contributed by atoms with E-state index in [4.69, 9.17) is 4.74 Å². The minimum atomic E-state index is -2.68. The molecule has 0 amide bonds. The first-order valence-corrected chi connectivity index (χ1v) is 5.46. The molecule has 0 aromatic carbocycles. The molecule has 5 heteroatoms. The average molecular weight is 235 g/mol. The third-order valence-corrected chi connectivity index (χ3v) is 2.47. The summed E-state index contributed by atoms with van der Waals surface area (Å²) >= 11 is 0. The van der Waals surface area contributed by atoms with Gasteiger partial charge in [-0.25, -0.2) is 8.78 Å². The maximum absolute atomic E-state index is 13.0. The second kappa shape index (κ2) is 4.65. The van der Waals surface area contributed by atoms with E-state index in [9.17, 15) is 13.6 Å². The predicted octanol–water partition coefficient (Wildman–Crippen LogP) is 1.82. The lowest BCUT2D eigenvalue weighted by molar-refractivity contribution is -0.156. The number of hydrogen-bond donors (Lipinski definition) is 1. The van der Waals surface area contributed by atoms with E-state index in [1.807, 2.05) is 0 Å². The van der Waals surface area contributed by atoms with E-state index in [1.54, 1.807) is 20.8 Å². The van der Waals surface area contributed by atoms with Gasteiger partial charge in [0, 0.05) is 18.9 Å². The molecular formula is C11H19F2NO2. The van der Waals surface area contributed by atoms with Crippen LogP contribution in [0.15, 0.2) is 0 Å². The van der Waals surface area contributed by atoms with Crippen LogP contribution in [-0.2, 0) is 9.53 Å². The van der Waals surface area contributed by atoms with Crippen LogP contribution in [0.1, 0.15) is 27.2 Å². The Balaban J connectivity index is 2.36. The van der Waals surface area contributed by atoms with E-state index in [0.717, 1.165) is 0 Å². The standard InChI is InChI=1S/C11H19F2NO2/c1-10(2,3)9(15)16-6-8-4-11(12,13)7-14-5-8/h8,14H,4-7H2,1-3H3. The molecule has 0 bridgehead atoms. The van der Waals surface area contributed by atoms with Gasteiger partial charge in [0.2, 0.25) is 0 Å². The molecular weight excluding hydrogens is 216 g/mol. The summed E-state index contributed by atoms with van der Waals surface area (Å²) in [6.07, 6.45) is -0.211. The molecule has 1 aliphatic rings. The van der Waals surface area contributed by atoms with Crippen LogP contribution >= 0.6 is 0 Å². The topological polar surface area (TPSA) is 38.3 Å². The van der Waals surface area contributed by atoms with Gasteiger partial charge in [-0.3, -0.25) is 4.79 Å². The molecule has 1 heterocycles. The Labute approximate surface area is 94.5 Å². The molecule has 1 N–H and O–H groups in total. The molecule has 0 aromatic heterocycles. The Hall–Kier alpha value is -0.710. The van der Waals surface area contributed by atoms with Gasteiger partial charge < -0.3 is 10.1 Å². The zero-order valence-electron chi connectivity index (χ0n) is 9.98. The maximum Gasteiger partial charge on any atom is 0.311 e. The zero-order chi connectivity index (χ0) is 12.4. The Morgan fingerprint density at radius 1 is 1.50 bits per heavy atom. The predicted molar refractivity (Wildman–Crippen MR) is 56.3 cm³/mol. The minimum absolute atomic E-state index is 0.0681. The Kier molecular flexibility index (Phi) is 3.88. The second-order valence-electron chi connectivity index (χ2n) is 5.41. The summed E-state index contributed by atoms with van der Waals surface area (Å²) in [6.45, 7) is 5.48. The van der Waals surface area contributed by atoms with Crippen LogP contribution in [0.3, 0.4) is 0 Å². The second-order valence-corrected chi connectivity index (χ2v) is 5.41. The molecule has 1 saturated heterocycles. The van der Waals surface area contributed by atoms with Gasteiger partial charge in [-0.05, 0) is 20.8 Å². The summed E-state index contributed by atoms with van der Waals surface area (Å²) in [6, 6.07) is 0. The quantitative estimate of drug-likeness (QED) is 0.742. The van der Waals surface area contributed by atoms with Gasteiger partial charge in [-0.15, -0.1) is 0 Å². The number of halogens is 2. The molecule has 0 aromatic rings. The van der Waals surface area contributed by atoms with Crippen molar-refractivity contribution in [2.75, 3.05) is 19.7 Å². The van der Waals surface area contributed by atoms with Gasteiger partial charge >= 0.3 is 5.97 Å². The highest BCUT2D eigenvalue weighted by Crippen LogP contribution is 2.26. The van der Waals surface area contributed by atoms with Crippen LogP contribution in [0.25, 0.3) is 0 Å². The van der Waals surface area contributed by atoms with Crippen molar-refractivity contribution >= 4 is 5.97 Å². The summed E-state index contributed by atoms with van der Waals surface area (Å²) < 4.78 is 31.0. The molecule has 94 valence electrons. The summed E-state index contributed by atoms with van der Waals surface area (Å²) in [5, 5.41) is 2.65. The third-order valence-electron chi connectivity index (χ3n) is 2.47. The van der Waals surface area contributed by atoms with E-state index in [0.29, 0.717) is 6.54 Å². The lowest BCUT2D eigenvalue weighted by atomic mass is 9.96. The number of nitrogens with one attached hydrogen (secondary N) is 1. The minimum Gasteiger partial charge on any atom is -0.465 e. The molecule has 1 aliphatic heterocycles. The van der Waals surface area contributed by atoms with Crippen LogP contribution < -0.4 is 5.32 Å². The lowest BCUT2D eigenvalue weighted by Gasteiger charge is -2.30. The highest BCUT2D eigenvalue weighted by atomic mass is 19.3. The van der Waals surface area contributed by atoms with Crippen molar-refractivity contribution in [3.63, 3.8) is 0 Å². The lowest BCUT2D eigenvalue weighted by Crippen LogP contribution is -2.45. The fourth-order valence-electron chi connectivity index (χ4n) is 1.55. The van der Waals surface area contributed by atoms with E-state index >= 15 is 0 Å². The van der Waals surface area contributed by atoms with Gasteiger partial charge in [0.25, 0.3) is 5.92 Å². The molecule has 0 radical (unpaired) electrons. The van der Waals surface area contributed by atoms with Gasteiger partial charge in [0.1, 0.15) is 0 Å². The van der Waals surface area contributed by atoms with E-state index < -0.39 is 11.3 Å². The average Bonchev–Trinajstić information content (AvgIpc) is 2.11. The maximum atomic E-state index is 13.0. The molecule has 0 aliphatic carbocycles. The third kappa shape index (κ3) is 4.04. The molecule has 0 spiro atoms. The van der Waals surface area contributed by atoms with Gasteiger partial charge in [0.05, 0.1) is 18.6 Å². The number of hydrogen-bond acceptors (Lipinski definition) is 3. The molecule has 1 atom stereocenters. The van der Waals surface area contributed by atoms with E-state index in [-0.39, 0.29) is 31.5 Å². The van der Waals surface area contributed by atoms with E-state index in [2.05, 4.69) is 5.32 Å². The molecule has 1 rings (SSSR count). The number of alkyl halides is 2. The van der Waals surface area contributed by atoms with Gasteiger partial charge in [0.15, 0.2) is 0 Å². The summed E-state index contributed by atoms with van der Waals surface area (Å²) in [5.74, 6) is -3.33. The first-order valence-electron chi connectivity index (χ1n) is 5.46. The van der Waals surface area contributed by atoms with Crippen molar-refractivity contribution in [2.24, 2.45) is 11.3 Å². The normalized spacial score (nSPS) is 25.2. The zero-order valence-corrected chi connectivity index (χ0v) is 9.98. The number of rotatable bonds is 2. The monoisotopic (exact) mass is 235 g/mol. The fourth-order valence-corrected chi connectivity index (χ4v) is 1.55. The smallest absolute Gasteiger partial charge is 0.311 e. The molecule has 1 unspecified atom stereocenters. The number of ether oxygens (including phenoxy) is 1. The molecule has 1 fully saturated rings. The summed E-state index contributed by atoms with van der Waals surface area (Å²) in [5.41, 5.74) is -0.579. The van der Waals surface area contributed by atoms with Crippen LogP contribution in [0.5, 0.6) is 0 Å². The van der Waals surface area contributed by atoms with Crippen LogP contribution in [0.2, 0.25) is 0 Å². The van der Waals surface area contributed by atoms with Crippen LogP contribution in [0.4, 0.5) is 8.78 Å². The van der Waals surface area contributed by atoms with Crippen molar-refractivity contribution < 1.29 is 18.3 Å². The highest BCUT2D eigenvalue weighted by Gasteiger charge is 2.37. The molecule has 0 saturated carbocycles. The number of carbonyl (C=O) groups excluding carboxylic acids is 1. The highest BCUT2D eigenvalue weighted by molar-refractivity contribution is 5.75. The number of carbonyl (C=O) groups is 1. The first-order chi connectivity index (χ1) is 7.21. The molecule has 3 nitrogen and oxygen atoms in total. The Morgan fingerprint density at radius 2 is 2.12 bits per heavy atom. The van der Waals surface area contributed by atoms with Crippen molar-refractivity contribution in [1.82, 2.24) is 5.32 Å². The fraction of sp³-hybridized carbons (Fsp3) is 0.909. The summed E-state index contributed by atoms with van der Waals surface area (Å²) in [7, 11) is 0. The van der Waals surface area contributed by atoms with Crippen molar-refractivity contribution in [2.45, 2.75) is 33.1 Å². The van der Waals surface area contributed by atoms with Gasteiger partial charge in [-0.2, -0.15) is 0 Å². The Morgan fingerprint density at radius 3 is 2.62 bits per heavy atom. The van der Waals surface area contributed by atoms with Crippen LogP contribution in [-0.4, -0.2) is 31.6 Å². The van der Waals surface area contributed by atoms with Crippen molar-refractivity contribution in [3.8, 4) is 0 Å². The largest absolute Gasteiger partial charge is 0.465 e. The summed E-state index contributed by atoms with van der Waals surface area (Å²) in [4.78, 5) is 11.4. The first kappa shape index (κ1) is 13.4. The number of esters is 1. The molecule has 16 heavy (non-hydrogen) atoms. The van der Waals surface area contributed by atoms with Crippen molar-refractivity contribution in [3.05, 3.63) is 0 Å². The van der Waals surface area contributed by atoms with Crippen molar-refractivity contribution in [1.29, 1.82) is 0 Å².